The fourth-order valence-electron chi connectivity index (χ4n) is 2.66. The highest BCUT2D eigenvalue weighted by Crippen LogP contribution is 2.10. The van der Waals surface area contributed by atoms with Gasteiger partial charge in [0, 0.05) is 6.54 Å². The van der Waals surface area contributed by atoms with E-state index < -0.39 is 5.54 Å². The zero-order chi connectivity index (χ0) is 16.3. The van der Waals surface area contributed by atoms with Gasteiger partial charge in [-0.25, -0.2) is 0 Å². The maximum Gasteiger partial charge on any atom is 0.327 e. The smallest absolute Gasteiger partial charge is 0.327 e. The molecule has 0 rings (SSSR count). The minimum atomic E-state index is -0.630. The van der Waals surface area contributed by atoms with Gasteiger partial charge in [0.25, 0.3) is 0 Å². The Morgan fingerprint density at radius 3 is 2.00 bits per heavy atom. The van der Waals surface area contributed by atoms with Crippen LogP contribution in [0.2, 0.25) is 0 Å². The first-order valence-corrected chi connectivity index (χ1v) is 8.25. The van der Waals surface area contributed by atoms with E-state index in [0.29, 0.717) is 6.54 Å². The molecule has 0 saturated carbocycles. The molecule has 0 spiro atoms. The minimum Gasteiger partial charge on any atom is -0.468 e. The van der Waals surface area contributed by atoms with Crippen LogP contribution in [0.5, 0.6) is 0 Å². The van der Waals surface area contributed by atoms with Crippen molar-refractivity contribution in [3.8, 4) is 0 Å². The molecule has 0 aromatic rings. The predicted molar refractivity (Wildman–Crippen MR) is 88.6 cm³/mol. The van der Waals surface area contributed by atoms with Crippen molar-refractivity contribution in [1.82, 2.24) is 15.1 Å². The second-order valence-electron chi connectivity index (χ2n) is 5.60. The van der Waals surface area contributed by atoms with Crippen molar-refractivity contribution < 1.29 is 9.53 Å². The molecule has 0 radical (unpaired) electrons. The van der Waals surface area contributed by atoms with Gasteiger partial charge in [0.2, 0.25) is 0 Å². The SMILES string of the molecule is CCNC(C)(CN(CC)CCCN(CC)CC)C(=O)OC. The molecule has 1 N–H and O–H groups in total. The summed E-state index contributed by atoms with van der Waals surface area (Å²) in [6.07, 6.45) is 1.12. The monoisotopic (exact) mass is 301 g/mol. The van der Waals surface area contributed by atoms with E-state index in [1.807, 2.05) is 13.8 Å². The quantitative estimate of drug-likeness (QED) is 0.555. The largest absolute Gasteiger partial charge is 0.468 e. The molecule has 5 nitrogen and oxygen atoms in total. The number of likely N-dealkylation sites (N-methyl/N-ethyl adjacent to an activating group) is 2. The van der Waals surface area contributed by atoms with Gasteiger partial charge in [0.15, 0.2) is 0 Å². The number of ether oxygens (including phenoxy) is 1. The molecule has 0 saturated heterocycles. The second kappa shape index (κ2) is 11.0. The Kier molecular flexibility index (Phi) is 10.6. The molecule has 0 aliphatic heterocycles. The van der Waals surface area contributed by atoms with E-state index in [0.717, 1.165) is 45.7 Å². The summed E-state index contributed by atoms with van der Waals surface area (Å²) in [7, 11) is 1.45. The van der Waals surface area contributed by atoms with Gasteiger partial charge in [0.05, 0.1) is 7.11 Å². The number of hydrogen-bond acceptors (Lipinski definition) is 5. The van der Waals surface area contributed by atoms with Crippen LogP contribution in [0.1, 0.15) is 41.0 Å². The van der Waals surface area contributed by atoms with Gasteiger partial charge in [-0.15, -0.1) is 0 Å². The molecule has 1 unspecified atom stereocenters. The standard InChI is InChI=1S/C16H35N3O2/c1-7-17-16(5,15(20)21-6)14-19(10-4)13-11-12-18(8-2)9-3/h17H,7-14H2,1-6H3. The van der Waals surface area contributed by atoms with Gasteiger partial charge in [-0.1, -0.05) is 27.7 Å². The Bertz CT molecular complexity index is 283. The number of hydrogen-bond donors (Lipinski definition) is 1. The Balaban J connectivity index is 4.47. The molecule has 0 amide bonds. The molecular formula is C16H35N3O2. The first kappa shape index (κ1) is 20.3. The predicted octanol–water partition coefficient (Wildman–Crippen LogP) is 1.58. The molecule has 0 aliphatic rings. The fraction of sp³-hybridized carbons (Fsp3) is 0.938. The van der Waals surface area contributed by atoms with E-state index in [2.05, 4.69) is 35.9 Å². The van der Waals surface area contributed by atoms with Crippen molar-refractivity contribution in [3.63, 3.8) is 0 Å². The molecule has 0 aromatic heterocycles. The molecule has 21 heavy (non-hydrogen) atoms. The topological polar surface area (TPSA) is 44.8 Å². The minimum absolute atomic E-state index is 0.188. The van der Waals surface area contributed by atoms with Crippen LogP contribution >= 0.6 is 0 Å². The summed E-state index contributed by atoms with van der Waals surface area (Å²) >= 11 is 0. The Morgan fingerprint density at radius 2 is 1.57 bits per heavy atom. The summed E-state index contributed by atoms with van der Waals surface area (Å²) in [6.45, 7) is 17.2. The van der Waals surface area contributed by atoms with E-state index >= 15 is 0 Å². The van der Waals surface area contributed by atoms with Crippen LogP contribution in [0.25, 0.3) is 0 Å². The van der Waals surface area contributed by atoms with Gasteiger partial charge in [-0.3, -0.25) is 4.79 Å². The Hall–Kier alpha value is -0.650. The third-order valence-electron chi connectivity index (χ3n) is 4.03. The lowest BCUT2D eigenvalue weighted by Gasteiger charge is -2.33. The van der Waals surface area contributed by atoms with Crippen LogP contribution < -0.4 is 5.32 Å². The number of carbonyl (C=O) groups excluding carboxylic acids is 1. The van der Waals surface area contributed by atoms with Gasteiger partial charge >= 0.3 is 5.97 Å². The van der Waals surface area contributed by atoms with Crippen molar-refractivity contribution in [3.05, 3.63) is 0 Å². The molecule has 126 valence electrons. The lowest BCUT2D eigenvalue weighted by Crippen LogP contribution is -2.57. The first-order valence-electron chi connectivity index (χ1n) is 8.25. The van der Waals surface area contributed by atoms with Gasteiger partial charge in [0.1, 0.15) is 5.54 Å². The lowest BCUT2D eigenvalue weighted by atomic mass is 10.0. The van der Waals surface area contributed by atoms with Crippen molar-refractivity contribution >= 4 is 5.97 Å². The van der Waals surface area contributed by atoms with E-state index in [4.69, 9.17) is 4.74 Å². The van der Waals surface area contributed by atoms with E-state index in [-0.39, 0.29) is 5.97 Å². The zero-order valence-corrected chi connectivity index (χ0v) is 14.9. The Labute approximate surface area is 131 Å². The third-order valence-corrected chi connectivity index (χ3v) is 4.03. The molecular weight excluding hydrogens is 266 g/mol. The Morgan fingerprint density at radius 1 is 1.05 bits per heavy atom. The lowest BCUT2D eigenvalue weighted by molar-refractivity contribution is -0.148. The summed E-state index contributed by atoms with van der Waals surface area (Å²) in [5.41, 5.74) is -0.630. The maximum atomic E-state index is 12.0. The molecule has 1 atom stereocenters. The van der Waals surface area contributed by atoms with Crippen molar-refractivity contribution in [1.29, 1.82) is 0 Å². The van der Waals surface area contributed by atoms with Crippen LogP contribution in [0.3, 0.4) is 0 Å². The van der Waals surface area contributed by atoms with Crippen molar-refractivity contribution in [2.75, 3.05) is 52.9 Å². The molecule has 0 aliphatic carbocycles. The highest BCUT2D eigenvalue weighted by Gasteiger charge is 2.34. The van der Waals surface area contributed by atoms with Crippen LogP contribution in [-0.2, 0) is 9.53 Å². The van der Waals surface area contributed by atoms with Crippen LogP contribution in [0, 0.1) is 0 Å². The van der Waals surface area contributed by atoms with Crippen LogP contribution in [0.15, 0.2) is 0 Å². The summed E-state index contributed by atoms with van der Waals surface area (Å²) in [6, 6.07) is 0. The van der Waals surface area contributed by atoms with Crippen molar-refractivity contribution in [2.45, 2.75) is 46.6 Å². The maximum absolute atomic E-state index is 12.0. The molecule has 0 heterocycles. The molecule has 0 bridgehead atoms. The second-order valence-corrected chi connectivity index (χ2v) is 5.60. The first-order chi connectivity index (χ1) is 9.97. The highest BCUT2D eigenvalue weighted by atomic mass is 16.5. The number of nitrogens with zero attached hydrogens (tertiary/aromatic N) is 2. The summed E-state index contributed by atoms with van der Waals surface area (Å²) in [4.78, 5) is 16.8. The average Bonchev–Trinajstić information content (AvgIpc) is 2.49. The fourth-order valence-corrected chi connectivity index (χ4v) is 2.66. The van der Waals surface area contributed by atoms with E-state index in [1.165, 1.54) is 7.11 Å². The van der Waals surface area contributed by atoms with Gasteiger partial charge < -0.3 is 19.9 Å². The van der Waals surface area contributed by atoms with E-state index in [9.17, 15) is 4.79 Å². The summed E-state index contributed by atoms with van der Waals surface area (Å²) in [5.74, 6) is -0.188. The summed E-state index contributed by atoms with van der Waals surface area (Å²) < 4.78 is 4.95. The molecule has 0 fully saturated rings. The average molecular weight is 301 g/mol. The zero-order valence-electron chi connectivity index (χ0n) is 14.9. The number of esters is 1. The normalized spacial score (nSPS) is 14.5. The van der Waals surface area contributed by atoms with Gasteiger partial charge in [-0.2, -0.15) is 0 Å². The number of carbonyl (C=O) groups is 1. The third kappa shape index (κ3) is 7.25. The van der Waals surface area contributed by atoms with Crippen LogP contribution in [-0.4, -0.2) is 74.2 Å². The number of nitrogens with one attached hydrogen (secondary N) is 1. The van der Waals surface area contributed by atoms with Crippen molar-refractivity contribution in [2.24, 2.45) is 0 Å². The number of methoxy groups -OCH3 is 1. The van der Waals surface area contributed by atoms with E-state index in [1.54, 1.807) is 0 Å². The summed E-state index contributed by atoms with van der Waals surface area (Å²) in [5, 5.41) is 3.27. The van der Waals surface area contributed by atoms with Gasteiger partial charge in [-0.05, 0) is 52.6 Å². The molecule has 0 aromatic carbocycles. The number of rotatable bonds is 12. The highest BCUT2D eigenvalue weighted by molar-refractivity contribution is 5.80. The van der Waals surface area contributed by atoms with Crippen LogP contribution in [0.4, 0.5) is 0 Å². The molecule has 5 heteroatoms.